The fraction of sp³-hybridized carbons (Fsp3) is 0.625. The van der Waals surface area contributed by atoms with Crippen LogP contribution in [-0.2, 0) is 24.9 Å². The molecule has 2 rings (SSSR count). The zero-order valence-electron chi connectivity index (χ0n) is 8.14. The zero-order chi connectivity index (χ0) is 10.3. The van der Waals surface area contributed by atoms with Crippen LogP contribution < -0.4 is 11.4 Å². The molecule has 0 spiro atoms. The first kappa shape index (κ1) is 9.26. The van der Waals surface area contributed by atoms with Gasteiger partial charge in [0.15, 0.2) is 0 Å². The highest BCUT2D eigenvalue weighted by atomic mass is 16.5. The molecule has 2 heterocycles. The molecule has 77 valence electrons. The number of nitrogens with zero attached hydrogens (tertiary/aromatic N) is 3. The highest BCUT2D eigenvalue weighted by molar-refractivity contribution is 4.86. The van der Waals surface area contributed by atoms with E-state index in [0.717, 1.165) is 4.57 Å². The van der Waals surface area contributed by atoms with Crippen LogP contribution >= 0.6 is 0 Å². The molecule has 0 aliphatic carbocycles. The van der Waals surface area contributed by atoms with E-state index in [2.05, 4.69) is 0 Å². The minimum absolute atomic E-state index is 0.0884. The average Bonchev–Trinajstić information content (AvgIpc) is 2.44. The van der Waals surface area contributed by atoms with Crippen LogP contribution in [0, 0.1) is 6.42 Å². The lowest BCUT2D eigenvalue weighted by atomic mass is 10.2. The van der Waals surface area contributed by atoms with E-state index in [9.17, 15) is 9.59 Å². The molecule has 0 aromatic carbocycles. The molecular formula is C8H12N3O3. The Balaban J connectivity index is 2.53. The zero-order valence-corrected chi connectivity index (χ0v) is 8.14. The molecule has 1 aromatic rings. The van der Waals surface area contributed by atoms with Gasteiger partial charge in [0.1, 0.15) is 0 Å². The van der Waals surface area contributed by atoms with Crippen molar-refractivity contribution in [3.05, 3.63) is 27.4 Å². The van der Waals surface area contributed by atoms with E-state index in [1.165, 1.54) is 16.4 Å². The molecule has 1 aliphatic rings. The summed E-state index contributed by atoms with van der Waals surface area (Å²) in [6.07, 6.45) is 1.79. The van der Waals surface area contributed by atoms with Gasteiger partial charge in [0, 0.05) is 20.6 Å². The van der Waals surface area contributed by atoms with E-state index in [4.69, 9.17) is 4.74 Å². The van der Waals surface area contributed by atoms with Crippen molar-refractivity contribution in [3.63, 3.8) is 0 Å². The van der Waals surface area contributed by atoms with E-state index in [1.54, 1.807) is 7.11 Å². The van der Waals surface area contributed by atoms with Crippen LogP contribution in [0.1, 0.15) is 0 Å². The smallest absolute Gasteiger partial charge is 0.346 e. The Morgan fingerprint density at radius 2 is 2.00 bits per heavy atom. The largest absolute Gasteiger partial charge is 0.379 e. The quantitative estimate of drug-likeness (QED) is 0.556. The molecule has 0 N–H and O–H groups in total. The van der Waals surface area contributed by atoms with Gasteiger partial charge in [0.2, 0.25) is 0 Å². The van der Waals surface area contributed by atoms with Crippen LogP contribution in [0.15, 0.2) is 9.59 Å². The number of ether oxygens (including phenoxy) is 1. The second-order valence-electron chi connectivity index (χ2n) is 3.30. The van der Waals surface area contributed by atoms with Crippen LogP contribution in [0.3, 0.4) is 0 Å². The van der Waals surface area contributed by atoms with Gasteiger partial charge in [-0.05, 0) is 0 Å². The minimum atomic E-state index is -0.287. The second-order valence-corrected chi connectivity index (χ2v) is 3.30. The van der Waals surface area contributed by atoms with Crippen molar-refractivity contribution in [1.82, 2.24) is 13.9 Å². The first-order valence-corrected chi connectivity index (χ1v) is 4.38. The highest BCUT2D eigenvalue weighted by Crippen LogP contribution is 2.05. The standard InChI is InChI=1S/C8H12N3O3/c1-9-7(12)10-4-3-6(14-2)5-11(10)8(9)13/h3,6H,4-5H2,1-2H3. The Bertz CT molecular complexity index is 453. The van der Waals surface area contributed by atoms with Crippen molar-refractivity contribution in [2.24, 2.45) is 7.05 Å². The SMILES string of the molecule is COC1[CH]Cn2c(=O)n(C)c(=O)n2C1. The molecule has 1 aromatic heterocycles. The van der Waals surface area contributed by atoms with Crippen LogP contribution in [0.5, 0.6) is 0 Å². The van der Waals surface area contributed by atoms with Gasteiger partial charge < -0.3 is 4.74 Å². The normalized spacial score (nSPS) is 20.9. The van der Waals surface area contributed by atoms with Gasteiger partial charge >= 0.3 is 11.4 Å². The summed E-state index contributed by atoms with van der Waals surface area (Å²) < 4.78 is 9.04. The molecule has 0 amide bonds. The molecule has 0 bridgehead atoms. The number of hydrogen-bond donors (Lipinski definition) is 0. The molecule has 1 radical (unpaired) electrons. The predicted molar refractivity (Wildman–Crippen MR) is 49.0 cm³/mol. The molecule has 14 heavy (non-hydrogen) atoms. The van der Waals surface area contributed by atoms with Crippen molar-refractivity contribution in [2.75, 3.05) is 7.11 Å². The van der Waals surface area contributed by atoms with Crippen LogP contribution in [0.2, 0.25) is 0 Å². The fourth-order valence-electron chi connectivity index (χ4n) is 1.62. The Morgan fingerprint density at radius 1 is 1.36 bits per heavy atom. The lowest BCUT2D eigenvalue weighted by Gasteiger charge is -2.22. The van der Waals surface area contributed by atoms with Gasteiger partial charge in [-0.3, -0.25) is 0 Å². The highest BCUT2D eigenvalue weighted by Gasteiger charge is 2.22. The summed E-state index contributed by atoms with van der Waals surface area (Å²) in [6, 6.07) is 0. The summed E-state index contributed by atoms with van der Waals surface area (Å²) >= 11 is 0. The topological polar surface area (TPSA) is 58.2 Å². The lowest BCUT2D eigenvalue weighted by molar-refractivity contribution is 0.0846. The number of methoxy groups -OCH3 is 1. The maximum atomic E-state index is 11.5. The summed E-state index contributed by atoms with van der Waals surface area (Å²) in [6.45, 7) is 0.832. The average molecular weight is 198 g/mol. The summed E-state index contributed by atoms with van der Waals surface area (Å²) in [5.74, 6) is 0. The van der Waals surface area contributed by atoms with Gasteiger partial charge in [-0.1, -0.05) is 0 Å². The summed E-state index contributed by atoms with van der Waals surface area (Å²) in [7, 11) is 3.06. The summed E-state index contributed by atoms with van der Waals surface area (Å²) in [4.78, 5) is 23.0. The molecule has 1 atom stereocenters. The number of hydrogen-bond acceptors (Lipinski definition) is 3. The van der Waals surface area contributed by atoms with Gasteiger partial charge in [-0.15, -0.1) is 0 Å². The van der Waals surface area contributed by atoms with Crippen molar-refractivity contribution in [3.8, 4) is 0 Å². The Kier molecular flexibility index (Phi) is 2.07. The molecular weight excluding hydrogens is 186 g/mol. The lowest BCUT2D eigenvalue weighted by Crippen LogP contribution is -2.38. The number of fused-ring (bicyclic) bond motifs is 1. The van der Waals surface area contributed by atoms with Crippen molar-refractivity contribution in [1.29, 1.82) is 0 Å². The van der Waals surface area contributed by atoms with Crippen LogP contribution in [0.25, 0.3) is 0 Å². The van der Waals surface area contributed by atoms with E-state index < -0.39 is 0 Å². The van der Waals surface area contributed by atoms with E-state index >= 15 is 0 Å². The Hall–Kier alpha value is -1.30. The van der Waals surface area contributed by atoms with Crippen molar-refractivity contribution >= 4 is 0 Å². The summed E-state index contributed by atoms with van der Waals surface area (Å²) in [5, 5.41) is 0. The van der Waals surface area contributed by atoms with E-state index in [-0.39, 0.29) is 17.5 Å². The Morgan fingerprint density at radius 3 is 2.64 bits per heavy atom. The maximum Gasteiger partial charge on any atom is 0.346 e. The fourth-order valence-corrected chi connectivity index (χ4v) is 1.62. The van der Waals surface area contributed by atoms with Gasteiger partial charge in [-0.2, -0.15) is 0 Å². The third kappa shape index (κ3) is 1.14. The molecule has 6 nitrogen and oxygen atoms in total. The number of aromatic nitrogens is 3. The number of rotatable bonds is 1. The first-order valence-electron chi connectivity index (χ1n) is 4.38. The van der Waals surface area contributed by atoms with E-state index in [1.807, 2.05) is 6.42 Å². The third-order valence-electron chi connectivity index (χ3n) is 2.50. The molecule has 6 heteroatoms. The predicted octanol–water partition coefficient (Wildman–Crippen LogP) is -1.42. The maximum absolute atomic E-state index is 11.5. The van der Waals surface area contributed by atoms with Crippen molar-refractivity contribution < 1.29 is 4.74 Å². The van der Waals surface area contributed by atoms with Crippen LogP contribution in [0.4, 0.5) is 0 Å². The minimum Gasteiger partial charge on any atom is -0.379 e. The molecule has 0 saturated carbocycles. The molecule has 1 aliphatic heterocycles. The van der Waals surface area contributed by atoms with Gasteiger partial charge in [0.05, 0.1) is 19.2 Å². The van der Waals surface area contributed by atoms with E-state index in [0.29, 0.717) is 13.1 Å². The molecule has 0 saturated heterocycles. The Labute approximate surface area is 80.3 Å². The van der Waals surface area contributed by atoms with Gasteiger partial charge in [-0.25, -0.2) is 23.5 Å². The van der Waals surface area contributed by atoms with Crippen molar-refractivity contribution in [2.45, 2.75) is 19.2 Å². The third-order valence-corrected chi connectivity index (χ3v) is 2.50. The monoisotopic (exact) mass is 198 g/mol. The second kappa shape index (κ2) is 3.13. The first-order chi connectivity index (χ1) is 6.65. The van der Waals surface area contributed by atoms with Crippen LogP contribution in [-0.4, -0.2) is 27.1 Å². The summed E-state index contributed by atoms with van der Waals surface area (Å²) in [5.41, 5.74) is -0.564. The molecule has 0 fully saturated rings. The van der Waals surface area contributed by atoms with Gasteiger partial charge in [0.25, 0.3) is 0 Å². The molecule has 1 unspecified atom stereocenters.